The fourth-order valence-electron chi connectivity index (χ4n) is 2.10. The average Bonchev–Trinajstić information content (AvgIpc) is 2.67. The molecule has 0 spiro atoms. The van der Waals surface area contributed by atoms with E-state index < -0.39 is 18.0 Å². The monoisotopic (exact) mass is 357 g/mol. The standard InChI is InChI=1S/C18H15NO7/c1-19-17(22)26-16-11(10-20)6-5-8-13(16)15(21)12-7-3-4-9-14(12)25-18(23)24-2/h3-10H,1-2H3,(H,19,22). The quantitative estimate of drug-likeness (QED) is 0.379. The number of carbonyl (C=O) groups excluding carboxylic acids is 4. The summed E-state index contributed by atoms with van der Waals surface area (Å²) in [5.41, 5.74) is 0.00707. The van der Waals surface area contributed by atoms with Gasteiger partial charge in [-0.05, 0) is 24.3 Å². The van der Waals surface area contributed by atoms with Crippen LogP contribution in [0, 0.1) is 0 Å². The zero-order chi connectivity index (χ0) is 19.1. The van der Waals surface area contributed by atoms with Crippen LogP contribution < -0.4 is 14.8 Å². The Morgan fingerprint density at radius 3 is 2.31 bits per heavy atom. The summed E-state index contributed by atoms with van der Waals surface area (Å²) in [5.74, 6) is -0.835. The van der Waals surface area contributed by atoms with Crippen LogP contribution in [0.3, 0.4) is 0 Å². The van der Waals surface area contributed by atoms with Gasteiger partial charge in [0.05, 0.1) is 23.8 Å². The Kier molecular flexibility index (Phi) is 6.05. The van der Waals surface area contributed by atoms with Crippen LogP contribution in [0.4, 0.5) is 9.59 Å². The molecular formula is C18H15NO7. The van der Waals surface area contributed by atoms with Crippen molar-refractivity contribution in [2.24, 2.45) is 0 Å². The molecule has 0 heterocycles. The van der Waals surface area contributed by atoms with E-state index in [9.17, 15) is 19.2 Å². The predicted molar refractivity (Wildman–Crippen MR) is 89.8 cm³/mol. The molecule has 0 atom stereocenters. The molecule has 0 radical (unpaired) electrons. The highest BCUT2D eigenvalue weighted by atomic mass is 16.7. The third-order valence-electron chi connectivity index (χ3n) is 3.31. The van der Waals surface area contributed by atoms with Gasteiger partial charge in [0.25, 0.3) is 0 Å². The SMILES string of the molecule is CNC(=O)Oc1c(C=O)cccc1C(=O)c1ccccc1OC(=O)OC. The number of ketones is 1. The highest BCUT2D eigenvalue weighted by molar-refractivity contribution is 6.13. The van der Waals surface area contributed by atoms with Gasteiger partial charge in [-0.2, -0.15) is 0 Å². The van der Waals surface area contributed by atoms with Crippen LogP contribution in [0.15, 0.2) is 42.5 Å². The molecule has 0 unspecified atom stereocenters. The Hall–Kier alpha value is -3.68. The lowest BCUT2D eigenvalue weighted by atomic mass is 9.99. The van der Waals surface area contributed by atoms with Crippen LogP contribution >= 0.6 is 0 Å². The summed E-state index contributed by atoms with van der Waals surface area (Å²) in [6, 6.07) is 10.2. The van der Waals surface area contributed by atoms with E-state index in [1.165, 1.54) is 37.4 Å². The molecule has 0 saturated heterocycles. The van der Waals surface area contributed by atoms with Crippen LogP contribution in [-0.2, 0) is 4.74 Å². The number of carbonyl (C=O) groups is 4. The van der Waals surface area contributed by atoms with Gasteiger partial charge in [-0.25, -0.2) is 9.59 Å². The number of para-hydroxylation sites is 2. The zero-order valence-electron chi connectivity index (χ0n) is 14.0. The van der Waals surface area contributed by atoms with E-state index >= 15 is 0 Å². The van der Waals surface area contributed by atoms with Crippen LogP contribution in [0.1, 0.15) is 26.3 Å². The number of ether oxygens (including phenoxy) is 3. The largest absolute Gasteiger partial charge is 0.513 e. The summed E-state index contributed by atoms with van der Waals surface area (Å²) >= 11 is 0. The Labute approximate surface area is 148 Å². The van der Waals surface area contributed by atoms with Crippen molar-refractivity contribution in [2.45, 2.75) is 0 Å². The smallest absolute Gasteiger partial charge is 0.437 e. The molecular weight excluding hydrogens is 342 g/mol. The van der Waals surface area contributed by atoms with Gasteiger partial charge >= 0.3 is 12.2 Å². The molecule has 0 aliphatic rings. The van der Waals surface area contributed by atoms with E-state index in [1.807, 2.05) is 0 Å². The number of hydrogen-bond donors (Lipinski definition) is 1. The lowest BCUT2D eigenvalue weighted by molar-refractivity contribution is 0.102. The van der Waals surface area contributed by atoms with Crippen LogP contribution in [0.25, 0.3) is 0 Å². The molecule has 0 aromatic heterocycles. The fourth-order valence-corrected chi connectivity index (χ4v) is 2.10. The number of methoxy groups -OCH3 is 1. The number of benzene rings is 2. The molecule has 2 aromatic carbocycles. The minimum absolute atomic E-state index is 0.0193. The molecule has 0 saturated carbocycles. The summed E-state index contributed by atoms with van der Waals surface area (Å²) in [7, 11) is 2.47. The minimum atomic E-state index is -0.992. The van der Waals surface area contributed by atoms with Crippen molar-refractivity contribution in [3.05, 3.63) is 59.2 Å². The van der Waals surface area contributed by atoms with E-state index in [1.54, 1.807) is 12.1 Å². The van der Waals surface area contributed by atoms with Crippen LogP contribution in [0.5, 0.6) is 11.5 Å². The third kappa shape index (κ3) is 4.04. The maximum atomic E-state index is 12.9. The molecule has 0 aliphatic heterocycles. The maximum Gasteiger partial charge on any atom is 0.513 e. The van der Waals surface area contributed by atoms with Gasteiger partial charge in [-0.15, -0.1) is 0 Å². The average molecular weight is 357 g/mol. The van der Waals surface area contributed by atoms with Gasteiger partial charge in [-0.1, -0.05) is 18.2 Å². The molecule has 0 fully saturated rings. The Balaban J connectivity index is 2.52. The minimum Gasteiger partial charge on any atom is -0.437 e. The summed E-state index contributed by atoms with van der Waals surface area (Å²) in [6.45, 7) is 0. The molecule has 134 valence electrons. The molecule has 1 N–H and O–H groups in total. The van der Waals surface area contributed by atoms with Crippen molar-refractivity contribution in [3.63, 3.8) is 0 Å². The van der Waals surface area contributed by atoms with Crippen LogP contribution in [-0.4, -0.2) is 38.5 Å². The number of rotatable bonds is 5. The fraction of sp³-hybridized carbons (Fsp3) is 0.111. The van der Waals surface area contributed by atoms with Crippen molar-refractivity contribution in [2.75, 3.05) is 14.2 Å². The number of aldehydes is 1. The van der Waals surface area contributed by atoms with Crippen molar-refractivity contribution in [3.8, 4) is 11.5 Å². The topological polar surface area (TPSA) is 108 Å². The molecule has 1 amide bonds. The van der Waals surface area contributed by atoms with Crippen molar-refractivity contribution in [1.82, 2.24) is 5.32 Å². The van der Waals surface area contributed by atoms with Gasteiger partial charge in [0.2, 0.25) is 5.78 Å². The normalized spacial score (nSPS) is 9.77. The first-order chi connectivity index (χ1) is 12.5. The summed E-state index contributed by atoms with van der Waals surface area (Å²) in [6.07, 6.45) is -1.37. The Morgan fingerprint density at radius 1 is 0.962 bits per heavy atom. The van der Waals surface area contributed by atoms with Gasteiger partial charge < -0.3 is 19.5 Å². The van der Waals surface area contributed by atoms with E-state index in [0.29, 0.717) is 6.29 Å². The molecule has 2 rings (SSSR count). The lowest BCUT2D eigenvalue weighted by Gasteiger charge is -2.13. The highest BCUT2D eigenvalue weighted by Crippen LogP contribution is 2.29. The zero-order valence-corrected chi connectivity index (χ0v) is 14.0. The van der Waals surface area contributed by atoms with E-state index in [2.05, 4.69) is 10.1 Å². The molecule has 0 bridgehead atoms. The van der Waals surface area contributed by atoms with Crippen LogP contribution in [0.2, 0.25) is 0 Å². The lowest BCUT2D eigenvalue weighted by Crippen LogP contribution is -2.24. The first kappa shape index (κ1) is 18.7. The Morgan fingerprint density at radius 2 is 1.65 bits per heavy atom. The molecule has 0 aliphatic carbocycles. The van der Waals surface area contributed by atoms with Gasteiger partial charge in [0.1, 0.15) is 5.75 Å². The van der Waals surface area contributed by atoms with Gasteiger partial charge in [0.15, 0.2) is 12.0 Å². The van der Waals surface area contributed by atoms with Gasteiger partial charge in [-0.3, -0.25) is 9.59 Å². The molecule has 26 heavy (non-hydrogen) atoms. The molecule has 8 heteroatoms. The maximum absolute atomic E-state index is 12.9. The summed E-state index contributed by atoms with van der Waals surface area (Å²) in [4.78, 5) is 47.1. The second kappa shape index (κ2) is 8.43. The Bertz CT molecular complexity index is 860. The number of nitrogens with one attached hydrogen (secondary N) is 1. The molecule has 2 aromatic rings. The van der Waals surface area contributed by atoms with E-state index in [4.69, 9.17) is 9.47 Å². The summed E-state index contributed by atoms with van der Waals surface area (Å²) in [5, 5.41) is 2.24. The molecule has 8 nitrogen and oxygen atoms in total. The second-order valence-corrected chi connectivity index (χ2v) is 4.86. The second-order valence-electron chi connectivity index (χ2n) is 4.86. The summed E-state index contributed by atoms with van der Waals surface area (Å²) < 4.78 is 14.5. The van der Waals surface area contributed by atoms with Crippen molar-refractivity contribution >= 4 is 24.3 Å². The first-order valence-electron chi connectivity index (χ1n) is 7.39. The van der Waals surface area contributed by atoms with Gasteiger partial charge in [0, 0.05) is 7.05 Å². The van der Waals surface area contributed by atoms with Crippen molar-refractivity contribution < 1.29 is 33.4 Å². The third-order valence-corrected chi connectivity index (χ3v) is 3.31. The number of hydrogen-bond acceptors (Lipinski definition) is 7. The van der Waals surface area contributed by atoms with Crippen molar-refractivity contribution in [1.29, 1.82) is 0 Å². The highest BCUT2D eigenvalue weighted by Gasteiger charge is 2.23. The van der Waals surface area contributed by atoms with E-state index in [0.717, 1.165) is 7.11 Å². The van der Waals surface area contributed by atoms with E-state index in [-0.39, 0.29) is 28.2 Å². The number of amides is 1. The first-order valence-corrected chi connectivity index (χ1v) is 7.39. The predicted octanol–water partition coefficient (Wildman–Crippen LogP) is 2.59.